The second kappa shape index (κ2) is 10.2. The van der Waals surface area contributed by atoms with Gasteiger partial charge < -0.3 is 10.1 Å². The predicted octanol–water partition coefficient (Wildman–Crippen LogP) is 3.18. The highest BCUT2D eigenvalue weighted by Gasteiger charge is 2.33. The van der Waals surface area contributed by atoms with E-state index >= 15 is 0 Å². The molecule has 0 unspecified atom stereocenters. The quantitative estimate of drug-likeness (QED) is 0.588. The number of sulfonamides is 1. The van der Waals surface area contributed by atoms with Crippen LogP contribution in [0.15, 0.2) is 28.0 Å². The van der Waals surface area contributed by atoms with Crippen LogP contribution in [0.25, 0.3) is 0 Å². The number of rotatable bonds is 6. The van der Waals surface area contributed by atoms with Gasteiger partial charge in [-0.3, -0.25) is 4.79 Å². The molecule has 4 rings (SSSR count). The van der Waals surface area contributed by atoms with Gasteiger partial charge >= 0.3 is 0 Å². The summed E-state index contributed by atoms with van der Waals surface area (Å²) in [5.41, 5.74) is -0.0816. The molecule has 3 heterocycles. The lowest BCUT2D eigenvalue weighted by Gasteiger charge is -2.31. The summed E-state index contributed by atoms with van der Waals surface area (Å²) >= 11 is 6.28. The van der Waals surface area contributed by atoms with Crippen LogP contribution < -0.4 is 10.9 Å². The number of nitrogens with one attached hydrogen (secondary N) is 1. The van der Waals surface area contributed by atoms with Crippen molar-refractivity contribution in [3.05, 3.63) is 51.2 Å². The van der Waals surface area contributed by atoms with Crippen molar-refractivity contribution in [2.24, 2.45) is 5.92 Å². The summed E-state index contributed by atoms with van der Waals surface area (Å²) in [6.45, 7) is 1.88. The van der Waals surface area contributed by atoms with Gasteiger partial charge in [-0.05, 0) is 37.7 Å². The summed E-state index contributed by atoms with van der Waals surface area (Å²) in [6.07, 6.45) is 3.88. The molecule has 0 saturated carbocycles. The molecule has 2 aromatic rings. The number of benzene rings is 1. The van der Waals surface area contributed by atoms with Gasteiger partial charge in [0.05, 0.1) is 24.5 Å². The zero-order valence-corrected chi connectivity index (χ0v) is 19.7. The fraction of sp³-hybridized carbons (Fsp3) is 0.524. The van der Waals surface area contributed by atoms with Crippen molar-refractivity contribution in [1.29, 1.82) is 0 Å². The number of hydrogen-bond donors (Lipinski definition) is 1. The molecule has 0 amide bonds. The van der Waals surface area contributed by atoms with E-state index in [1.54, 1.807) is 0 Å². The van der Waals surface area contributed by atoms with Gasteiger partial charge in [0.25, 0.3) is 5.56 Å². The summed E-state index contributed by atoms with van der Waals surface area (Å²) in [5, 5.41) is 7.35. The monoisotopic (exact) mass is 520 g/mol. The van der Waals surface area contributed by atoms with Crippen LogP contribution in [0.4, 0.5) is 18.9 Å². The summed E-state index contributed by atoms with van der Waals surface area (Å²) in [5.74, 6) is -3.97. The van der Waals surface area contributed by atoms with Crippen LogP contribution in [0.3, 0.4) is 0 Å². The number of nitrogens with zero attached hydrogens (tertiary/aromatic N) is 3. The van der Waals surface area contributed by atoms with Gasteiger partial charge in [-0.2, -0.15) is 9.40 Å². The van der Waals surface area contributed by atoms with Crippen molar-refractivity contribution in [1.82, 2.24) is 14.1 Å². The predicted molar refractivity (Wildman–Crippen MR) is 119 cm³/mol. The summed E-state index contributed by atoms with van der Waals surface area (Å²) in [6, 6.07) is 0.118. The maximum absolute atomic E-state index is 14.0. The molecule has 1 aromatic heterocycles. The molecule has 1 N–H and O–H groups in total. The standard InChI is InChI=1S/C21H24ClF3N4O4S/c22-20-18(26-10-13-2-1-7-33-12-13)11-27-29(21(20)30)14-3-5-28(6-4-14)34(31,32)19-9-16(24)15(23)8-17(19)25/h8-9,11,13-14,26H,1-7,10,12H2/t13-/m1/s1. The van der Waals surface area contributed by atoms with Crippen molar-refractivity contribution in [2.45, 2.75) is 36.6 Å². The topological polar surface area (TPSA) is 93.5 Å². The van der Waals surface area contributed by atoms with E-state index in [0.29, 0.717) is 30.8 Å². The average molecular weight is 521 g/mol. The molecule has 0 radical (unpaired) electrons. The number of anilines is 1. The lowest BCUT2D eigenvalue weighted by atomic mass is 10.0. The van der Waals surface area contributed by atoms with Crippen molar-refractivity contribution in [3.8, 4) is 0 Å². The first kappa shape index (κ1) is 25.0. The van der Waals surface area contributed by atoms with Crippen LogP contribution in [0.5, 0.6) is 0 Å². The lowest BCUT2D eigenvalue weighted by Crippen LogP contribution is -2.41. The van der Waals surface area contributed by atoms with Crippen molar-refractivity contribution < 1.29 is 26.3 Å². The van der Waals surface area contributed by atoms with Gasteiger partial charge in [-0.25, -0.2) is 26.3 Å². The highest BCUT2D eigenvalue weighted by Crippen LogP contribution is 2.29. The molecule has 2 fully saturated rings. The van der Waals surface area contributed by atoms with Crippen LogP contribution in [-0.2, 0) is 14.8 Å². The molecule has 186 valence electrons. The number of ether oxygens (including phenoxy) is 1. The van der Waals surface area contributed by atoms with Gasteiger partial charge in [-0.1, -0.05) is 11.6 Å². The van der Waals surface area contributed by atoms with Crippen LogP contribution in [0.2, 0.25) is 5.02 Å². The highest BCUT2D eigenvalue weighted by molar-refractivity contribution is 7.89. The fourth-order valence-electron chi connectivity index (χ4n) is 4.22. The number of aromatic nitrogens is 2. The molecule has 13 heteroatoms. The zero-order valence-electron chi connectivity index (χ0n) is 18.1. The number of hydrogen-bond acceptors (Lipinski definition) is 6. The molecule has 0 bridgehead atoms. The van der Waals surface area contributed by atoms with Crippen molar-refractivity contribution >= 4 is 27.3 Å². The number of halogens is 4. The third kappa shape index (κ3) is 5.09. The van der Waals surface area contributed by atoms with Gasteiger partial charge in [-0.15, -0.1) is 0 Å². The zero-order chi connectivity index (χ0) is 24.5. The molecule has 8 nitrogen and oxygen atoms in total. The normalized spacial score (nSPS) is 20.4. The van der Waals surface area contributed by atoms with Crippen LogP contribution in [-0.4, -0.2) is 55.4 Å². The Morgan fingerprint density at radius 3 is 2.50 bits per heavy atom. The Bertz CT molecular complexity index is 1210. The second-order valence-corrected chi connectivity index (χ2v) is 10.7. The Labute approximate surface area is 199 Å². The minimum Gasteiger partial charge on any atom is -0.382 e. The molecule has 0 aliphatic carbocycles. The van der Waals surface area contributed by atoms with E-state index < -0.39 is 44.0 Å². The van der Waals surface area contributed by atoms with E-state index in [1.807, 2.05) is 0 Å². The molecule has 1 aromatic carbocycles. The van der Waals surface area contributed by atoms with E-state index in [0.717, 1.165) is 23.8 Å². The third-order valence-electron chi connectivity index (χ3n) is 6.14. The second-order valence-electron chi connectivity index (χ2n) is 8.42. The molecule has 2 saturated heterocycles. The van der Waals surface area contributed by atoms with E-state index in [9.17, 15) is 26.4 Å². The molecule has 1 atom stereocenters. The van der Waals surface area contributed by atoms with Gasteiger partial charge in [0, 0.05) is 32.3 Å². The van der Waals surface area contributed by atoms with Gasteiger partial charge in [0.2, 0.25) is 10.0 Å². The van der Waals surface area contributed by atoms with E-state index in [2.05, 4.69) is 10.4 Å². The van der Waals surface area contributed by atoms with E-state index in [4.69, 9.17) is 16.3 Å². The van der Waals surface area contributed by atoms with Crippen LogP contribution in [0, 0.1) is 23.4 Å². The van der Waals surface area contributed by atoms with Crippen LogP contribution >= 0.6 is 11.6 Å². The maximum atomic E-state index is 14.0. The Morgan fingerprint density at radius 2 is 1.82 bits per heavy atom. The minimum absolute atomic E-state index is 0.00867. The molecular weight excluding hydrogens is 497 g/mol. The Balaban J connectivity index is 1.43. The first-order valence-corrected chi connectivity index (χ1v) is 12.7. The van der Waals surface area contributed by atoms with Gasteiger partial charge in [0.1, 0.15) is 15.7 Å². The Kier molecular flexibility index (Phi) is 7.51. The fourth-order valence-corrected chi connectivity index (χ4v) is 5.95. The first-order valence-electron chi connectivity index (χ1n) is 10.9. The lowest BCUT2D eigenvalue weighted by molar-refractivity contribution is 0.0595. The molecule has 34 heavy (non-hydrogen) atoms. The third-order valence-corrected chi connectivity index (χ3v) is 8.42. The largest absolute Gasteiger partial charge is 0.382 e. The molecule has 2 aliphatic heterocycles. The molecular formula is C21H24ClF3N4O4S. The minimum atomic E-state index is -4.38. The van der Waals surface area contributed by atoms with Crippen molar-refractivity contribution in [3.63, 3.8) is 0 Å². The van der Waals surface area contributed by atoms with Gasteiger partial charge in [0.15, 0.2) is 11.6 Å². The highest BCUT2D eigenvalue weighted by atomic mass is 35.5. The smallest absolute Gasteiger partial charge is 0.287 e. The van der Waals surface area contributed by atoms with Crippen LogP contribution in [0.1, 0.15) is 31.7 Å². The summed E-state index contributed by atoms with van der Waals surface area (Å²) in [4.78, 5) is 11.9. The summed E-state index contributed by atoms with van der Waals surface area (Å²) < 4.78 is 73.9. The number of piperidine rings is 1. The molecule has 2 aliphatic rings. The Morgan fingerprint density at radius 1 is 1.12 bits per heavy atom. The first-order chi connectivity index (χ1) is 16.2. The van der Waals surface area contributed by atoms with E-state index in [-0.39, 0.29) is 37.0 Å². The SMILES string of the molecule is O=c1c(Cl)c(NC[C@H]2CCCOC2)cnn1C1CCN(S(=O)(=O)c2cc(F)c(F)cc2F)CC1. The van der Waals surface area contributed by atoms with Crippen molar-refractivity contribution in [2.75, 3.05) is 38.2 Å². The molecule has 0 spiro atoms. The summed E-state index contributed by atoms with van der Waals surface area (Å²) in [7, 11) is -4.38. The average Bonchev–Trinajstić information content (AvgIpc) is 2.83. The maximum Gasteiger partial charge on any atom is 0.287 e. The Hall–Kier alpha value is -2.15. The van der Waals surface area contributed by atoms with E-state index in [1.165, 1.54) is 10.9 Å².